The maximum absolute atomic E-state index is 6.83. The molecular weight excluding hydrogens is 679 g/mol. The molecule has 2 atom stereocenters. The van der Waals surface area contributed by atoms with Gasteiger partial charge >= 0.3 is 0 Å². The highest BCUT2D eigenvalue weighted by Gasteiger charge is 2.20. The van der Waals surface area contributed by atoms with Crippen LogP contribution in [0.25, 0.3) is 71.6 Å². The number of hydrogen-bond acceptors (Lipinski definition) is 6. The molecule has 0 radical (unpaired) electrons. The van der Waals surface area contributed by atoms with E-state index in [4.69, 9.17) is 10.7 Å². The first-order valence-electron chi connectivity index (χ1n) is 17.1. The van der Waals surface area contributed by atoms with Crippen molar-refractivity contribution in [3.8, 4) is 11.1 Å². The van der Waals surface area contributed by atoms with E-state index < -0.39 is 6.17 Å². The van der Waals surface area contributed by atoms with E-state index in [1.165, 1.54) is 71.6 Å². The number of hydrogen-bond donors (Lipinski definition) is 2. The van der Waals surface area contributed by atoms with E-state index >= 15 is 0 Å². The van der Waals surface area contributed by atoms with Crippen LogP contribution in [-0.2, 0) is 0 Å². The monoisotopic (exact) mass is 709 g/mol. The van der Waals surface area contributed by atoms with E-state index in [0.717, 1.165) is 16.7 Å². The Bertz CT molecular complexity index is 2930. The second-order valence-corrected chi connectivity index (χ2v) is 16.0. The van der Waals surface area contributed by atoms with Gasteiger partial charge in [-0.3, -0.25) is 10.3 Å². The maximum atomic E-state index is 6.83. The molecule has 3 nitrogen and oxygen atoms in total. The van der Waals surface area contributed by atoms with Gasteiger partial charge in [0.25, 0.3) is 0 Å². The number of rotatable bonds is 7. The van der Waals surface area contributed by atoms with Crippen LogP contribution in [0.4, 0.5) is 0 Å². The summed E-state index contributed by atoms with van der Waals surface area (Å²) >= 11 is 5.56. The van der Waals surface area contributed by atoms with E-state index in [1.807, 2.05) is 58.4 Å². The van der Waals surface area contributed by atoms with E-state index in [1.54, 1.807) is 0 Å². The molecular formula is C45H31N3S3. The van der Waals surface area contributed by atoms with Gasteiger partial charge in [0.15, 0.2) is 0 Å². The summed E-state index contributed by atoms with van der Waals surface area (Å²) < 4.78 is 7.71. The van der Waals surface area contributed by atoms with Crippen molar-refractivity contribution in [1.82, 2.24) is 5.32 Å². The Morgan fingerprint density at radius 1 is 0.490 bits per heavy atom. The van der Waals surface area contributed by atoms with Gasteiger partial charge in [0.1, 0.15) is 6.17 Å². The topological polar surface area (TPSA) is 50.4 Å². The van der Waals surface area contributed by atoms with Crippen molar-refractivity contribution in [2.24, 2.45) is 10.7 Å². The van der Waals surface area contributed by atoms with Gasteiger partial charge in [-0.1, -0.05) is 133 Å². The van der Waals surface area contributed by atoms with Crippen LogP contribution in [-0.4, -0.2) is 6.21 Å². The van der Waals surface area contributed by atoms with Crippen molar-refractivity contribution < 1.29 is 0 Å². The van der Waals surface area contributed by atoms with E-state index in [2.05, 4.69) is 139 Å². The van der Waals surface area contributed by atoms with Gasteiger partial charge < -0.3 is 5.73 Å². The summed E-state index contributed by atoms with van der Waals surface area (Å²) in [4.78, 5) is 5.33. The lowest BCUT2D eigenvalue weighted by Crippen LogP contribution is -2.31. The van der Waals surface area contributed by atoms with Gasteiger partial charge in [-0.2, -0.15) is 0 Å². The number of nitrogens with two attached hydrogens (primary N) is 1. The van der Waals surface area contributed by atoms with E-state index in [9.17, 15) is 0 Å². The summed E-state index contributed by atoms with van der Waals surface area (Å²) in [7, 11) is 0. The maximum Gasteiger partial charge on any atom is 0.127 e. The molecule has 10 aromatic rings. The highest BCUT2D eigenvalue weighted by atomic mass is 32.1. The van der Waals surface area contributed by atoms with Crippen LogP contribution in [0.15, 0.2) is 157 Å². The molecule has 3 N–H and O–H groups in total. The lowest BCUT2D eigenvalue weighted by Gasteiger charge is -2.22. The average Bonchev–Trinajstić information content (AvgIpc) is 3.88. The molecule has 244 valence electrons. The summed E-state index contributed by atoms with van der Waals surface area (Å²) in [6, 6.07) is 54.1. The van der Waals surface area contributed by atoms with Crippen LogP contribution in [0.2, 0.25) is 0 Å². The zero-order chi connectivity index (χ0) is 33.9. The quantitative estimate of drug-likeness (QED) is 0.128. The predicted octanol–water partition coefficient (Wildman–Crippen LogP) is 12.8. The third-order valence-corrected chi connectivity index (χ3v) is 13.5. The standard InChI is InChI=1S/C45H31N3S3/c46-44(27-12-2-1-3-13-27)48-45(36-22-11-25-39-40(36)35-16-5-7-24-38(35)49-39)47-26-28-14-8-17-31-32-19-10-21-34(43(32)51-41(28)31)33-20-9-18-30-29-15-4-6-23-37(29)50-42(30)33/h1-26,44-45,48H,46H2/b47-26+. The second-order valence-electron chi connectivity index (χ2n) is 12.8. The fraction of sp³-hybridized carbons (Fsp3) is 0.0444. The van der Waals surface area contributed by atoms with Crippen LogP contribution < -0.4 is 11.1 Å². The van der Waals surface area contributed by atoms with Gasteiger partial charge in [-0.15, -0.1) is 34.0 Å². The summed E-state index contributed by atoms with van der Waals surface area (Å²) in [5.74, 6) is 0. The van der Waals surface area contributed by atoms with Crippen molar-refractivity contribution >= 4 is 101 Å². The number of aliphatic imine (C=N–C) groups is 1. The van der Waals surface area contributed by atoms with Gasteiger partial charge in [-0.05, 0) is 23.8 Å². The fourth-order valence-electron chi connectivity index (χ4n) is 7.44. The molecule has 0 aliphatic rings. The van der Waals surface area contributed by atoms with E-state index in [-0.39, 0.29) is 6.17 Å². The number of nitrogens with zero attached hydrogens (tertiary/aromatic N) is 1. The molecule has 0 saturated heterocycles. The number of fused-ring (bicyclic) bond motifs is 9. The third kappa shape index (κ3) is 5.18. The van der Waals surface area contributed by atoms with Crippen molar-refractivity contribution in [1.29, 1.82) is 0 Å². The van der Waals surface area contributed by atoms with Gasteiger partial charge in [0, 0.05) is 89.0 Å². The molecule has 0 amide bonds. The highest BCUT2D eigenvalue weighted by molar-refractivity contribution is 7.27. The second kappa shape index (κ2) is 12.5. The molecule has 6 heteroatoms. The molecule has 3 heterocycles. The SMILES string of the molecule is NC(NC(/N=C/c1cccc2c1sc1c(-c3cccc4c3sc3ccccc34)cccc12)c1cccc2sc3ccccc3c12)c1ccccc1. The van der Waals surface area contributed by atoms with Crippen LogP contribution in [0, 0.1) is 0 Å². The molecule has 51 heavy (non-hydrogen) atoms. The first-order chi connectivity index (χ1) is 25.2. The first kappa shape index (κ1) is 30.6. The Kier molecular flexibility index (Phi) is 7.52. The summed E-state index contributed by atoms with van der Waals surface area (Å²) in [5, 5.41) is 11.3. The predicted molar refractivity (Wildman–Crippen MR) is 224 cm³/mol. The fourth-order valence-corrected chi connectivity index (χ4v) is 11.1. The normalized spacial score (nSPS) is 13.4. The number of benzene rings is 7. The van der Waals surface area contributed by atoms with Gasteiger partial charge in [-0.25, -0.2) is 0 Å². The van der Waals surface area contributed by atoms with Crippen molar-refractivity contribution in [2.45, 2.75) is 12.3 Å². The summed E-state index contributed by atoms with van der Waals surface area (Å²) in [6.07, 6.45) is 1.29. The largest absolute Gasteiger partial charge is 0.312 e. The first-order valence-corrected chi connectivity index (χ1v) is 19.5. The van der Waals surface area contributed by atoms with Gasteiger partial charge in [0.2, 0.25) is 0 Å². The minimum atomic E-state index is -0.396. The Balaban J connectivity index is 1.12. The molecule has 3 aromatic heterocycles. The average molecular weight is 710 g/mol. The molecule has 0 bridgehead atoms. The Hall–Kier alpha value is -5.21. The van der Waals surface area contributed by atoms with Crippen molar-refractivity contribution in [3.63, 3.8) is 0 Å². The molecule has 2 unspecified atom stereocenters. The Labute approximate surface area is 306 Å². The van der Waals surface area contributed by atoms with Crippen molar-refractivity contribution in [3.05, 3.63) is 168 Å². The van der Waals surface area contributed by atoms with Crippen LogP contribution in [0.3, 0.4) is 0 Å². The Morgan fingerprint density at radius 2 is 1.06 bits per heavy atom. The highest BCUT2D eigenvalue weighted by Crippen LogP contribution is 2.46. The summed E-state index contributed by atoms with van der Waals surface area (Å²) in [6.45, 7) is 0. The molecule has 0 fully saturated rings. The molecule has 7 aromatic carbocycles. The molecule has 0 aliphatic carbocycles. The van der Waals surface area contributed by atoms with Crippen LogP contribution in [0.5, 0.6) is 0 Å². The number of nitrogens with one attached hydrogen (secondary N) is 1. The molecule has 0 saturated carbocycles. The summed E-state index contributed by atoms with van der Waals surface area (Å²) in [5.41, 5.74) is 12.6. The number of thiophene rings is 3. The lowest BCUT2D eigenvalue weighted by atomic mass is 10.0. The minimum absolute atomic E-state index is 0.368. The molecule has 0 aliphatic heterocycles. The Morgan fingerprint density at radius 3 is 1.84 bits per heavy atom. The molecule has 10 rings (SSSR count). The third-order valence-electron chi connectivity index (χ3n) is 9.84. The van der Waals surface area contributed by atoms with Crippen molar-refractivity contribution in [2.75, 3.05) is 0 Å². The zero-order valence-electron chi connectivity index (χ0n) is 27.4. The van der Waals surface area contributed by atoms with Crippen LogP contribution >= 0.6 is 34.0 Å². The lowest BCUT2D eigenvalue weighted by molar-refractivity contribution is 0.469. The minimum Gasteiger partial charge on any atom is -0.312 e. The smallest absolute Gasteiger partial charge is 0.127 e. The van der Waals surface area contributed by atoms with E-state index in [0.29, 0.717) is 0 Å². The zero-order valence-corrected chi connectivity index (χ0v) is 29.9. The van der Waals surface area contributed by atoms with Gasteiger partial charge in [0.05, 0.1) is 6.17 Å². The molecule has 0 spiro atoms. The van der Waals surface area contributed by atoms with Crippen LogP contribution in [0.1, 0.15) is 29.0 Å².